The second kappa shape index (κ2) is 10.8. The zero-order valence-corrected chi connectivity index (χ0v) is 16.6. The van der Waals surface area contributed by atoms with Crippen LogP contribution in [0.2, 0.25) is 0 Å². The Morgan fingerprint density at radius 2 is 1.67 bits per heavy atom. The molecule has 2 rings (SSSR count). The van der Waals surface area contributed by atoms with Gasteiger partial charge >= 0.3 is 12.6 Å². The molecule has 8 nitrogen and oxygen atoms in total. The average Bonchev–Trinajstić information content (AvgIpc) is 2.72. The highest BCUT2D eigenvalue weighted by Crippen LogP contribution is 2.35. The second-order valence-electron chi connectivity index (χ2n) is 5.64. The van der Waals surface area contributed by atoms with Gasteiger partial charge in [-0.15, -0.1) is 0 Å². The summed E-state index contributed by atoms with van der Waals surface area (Å²) in [5, 5.41) is 2.43. The largest absolute Gasteiger partial charge is 0.493 e. The van der Waals surface area contributed by atoms with Crippen LogP contribution < -0.4 is 24.3 Å². The van der Waals surface area contributed by atoms with E-state index < -0.39 is 25.1 Å². The molecule has 0 aliphatic carbocycles. The number of benzene rings is 2. The van der Waals surface area contributed by atoms with Crippen LogP contribution in [0.5, 0.6) is 23.0 Å². The molecule has 162 valence electrons. The lowest BCUT2D eigenvalue weighted by molar-refractivity contribution is -0.118. The van der Waals surface area contributed by atoms with Gasteiger partial charge < -0.3 is 29.0 Å². The number of esters is 1. The lowest BCUT2D eigenvalue weighted by Crippen LogP contribution is -2.22. The van der Waals surface area contributed by atoms with Gasteiger partial charge in [-0.05, 0) is 19.1 Å². The topological polar surface area (TPSA) is 92.3 Å². The molecule has 0 unspecified atom stereocenters. The van der Waals surface area contributed by atoms with E-state index in [1.807, 2.05) is 0 Å². The fourth-order valence-corrected chi connectivity index (χ4v) is 2.46. The molecule has 0 aliphatic rings. The number of carbonyl (C=O) groups is 2. The molecule has 0 aliphatic heterocycles. The predicted molar refractivity (Wildman–Crippen MR) is 103 cm³/mol. The minimum atomic E-state index is -3.13. The first-order chi connectivity index (χ1) is 14.4. The lowest BCUT2D eigenvalue weighted by atomic mass is 10.1. The molecule has 10 heteroatoms. The van der Waals surface area contributed by atoms with Gasteiger partial charge in [-0.1, -0.05) is 12.1 Å². The van der Waals surface area contributed by atoms with Gasteiger partial charge in [0.2, 0.25) is 0 Å². The molecule has 0 heterocycles. The Bertz CT molecular complexity index is 889. The number of halogens is 2. The number of rotatable bonds is 10. The van der Waals surface area contributed by atoms with Crippen LogP contribution in [-0.4, -0.2) is 45.9 Å². The van der Waals surface area contributed by atoms with Crippen molar-refractivity contribution < 1.29 is 42.1 Å². The van der Waals surface area contributed by atoms with Crippen LogP contribution in [0.1, 0.15) is 17.3 Å². The summed E-state index contributed by atoms with van der Waals surface area (Å²) >= 11 is 0. The van der Waals surface area contributed by atoms with Gasteiger partial charge in [0.1, 0.15) is 0 Å². The van der Waals surface area contributed by atoms with Gasteiger partial charge in [0.05, 0.1) is 32.1 Å². The third kappa shape index (κ3) is 5.97. The first-order valence-corrected chi connectivity index (χ1v) is 8.79. The molecule has 0 radical (unpaired) electrons. The molecule has 0 atom stereocenters. The predicted octanol–water partition coefficient (Wildman–Crippen LogP) is 3.50. The molecule has 2 aromatic carbocycles. The number of ether oxygens (including phenoxy) is 5. The molecule has 1 N–H and O–H groups in total. The number of carbonyl (C=O) groups excluding carboxylic acids is 2. The van der Waals surface area contributed by atoms with Crippen LogP contribution >= 0.6 is 0 Å². The van der Waals surface area contributed by atoms with Crippen molar-refractivity contribution >= 4 is 17.6 Å². The molecule has 30 heavy (non-hydrogen) atoms. The smallest absolute Gasteiger partial charge is 0.387 e. The Balaban J connectivity index is 2.22. The van der Waals surface area contributed by atoms with Gasteiger partial charge in [0, 0.05) is 12.1 Å². The van der Waals surface area contributed by atoms with Gasteiger partial charge in [-0.2, -0.15) is 8.78 Å². The monoisotopic (exact) mass is 425 g/mol. The molecule has 0 saturated carbocycles. The van der Waals surface area contributed by atoms with Crippen LogP contribution in [0.25, 0.3) is 0 Å². The van der Waals surface area contributed by atoms with E-state index in [2.05, 4.69) is 14.8 Å². The summed E-state index contributed by atoms with van der Waals surface area (Å²) in [6.07, 6.45) is 0. The van der Waals surface area contributed by atoms with Crippen molar-refractivity contribution in [3.8, 4) is 23.0 Å². The molecular formula is C20H21F2NO7. The van der Waals surface area contributed by atoms with E-state index in [1.165, 1.54) is 7.11 Å². The highest BCUT2D eigenvalue weighted by atomic mass is 19.3. The number of para-hydroxylation sites is 2. The maximum Gasteiger partial charge on any atom is 0.387 e. The van der Waals surface area contributed by atoms with Crippen LogP contribution in [-0.2, 0) is 9.53 Å². The van der Waals surface area contributed by atoms with Crippen LogP contribution in [0, 0.1) is 0 Å². The van der Waals surface area contributed by atoms with Gasteiger partial charge in [0.25, 0.3) is 5.91 Å². The minimum absolute atomic E-state index is 0.106. The Morgan fingerprint density at radius 1 is 1.00 bits per heavy atom. The number of anilines is 1. The second-order valence-corrected chi connectivity index (χ2v) is 5.64. The summed E-state index contributed by atoms with van der Waals surface area (Å²) in [7, 11) is 2.36. The standard InChI is InChI=1S/C20H21F2NO7/c1-4-28-14-7-5-6-8-15(14)29-11-18(24)23-13-10-17(30-20(21)22)16(26-2)9-12(13)19(25)27-3/h5-10,20H,4,11H2,1-3H3,(H,23,24). The number of hydrogen-bond acceptors (Lipinski definition) is 7. The van der Waals surface area contributed by atoms with Crippen molar-refractivity contribution in [3.63, 3.8) is 0 Å². The van der Waals surface area contributed by atoms with Crippen LogP contribution in [0.15, 0.2) is 36.4 Å². The fraction of sp³-hybridized carbons (Fsp3) is 0.300. The van der Waals surface area contributed by atoms with E-state index in [-0.39, 0.29) is 22.7 Å². The number of hydrogen-bond donors (Lipinski definition) is 1. The Hall–Kier alpha value is -3.56. The van der Waals surface area contributed by atoms with Crippen molar-refractivity contribution in [2.45, 2.75) is 13.5 Å². The Labute approximate surface area is 171 Å². The fourth-order valence-electron chi connectivity index (χ4n) is 2.46. The number of alkyl halides is 2. The highest BCUT2D eigenvalue weighted by Gasteiger charge is 2.21. The van der Waals surface area contributed by atoms with Crippen molar-refractivity contribution in [2.24, 2.45) is 0 Å². The van der Waals surface area contributed by atoms with Crippen LogP contribution in [0.4, 0.5) is 14.5 Å². The summed E-state index contributed by atoms with van der Waals surface area (Å²) in [4.78, 5) is 24.4. The summed E-state index contributed by atoms with van der Waals surface area (Å²) in [6, 6.07) is 8.95. The van der Waals surface area contributed by atoms with Crippen molar-refractivity contribution in [2.75, 3.05) is 32.8 Å². The molecule has 2 aromatic rings. The van der Waals surface area contributed by atoms with Gasteiger partial charge in [-0.3, -0.25) is 4.79 Å². The third-order valence-corrected chi connectivity index (χ3v) is 3.71. The first-order valence-electron chi connectivity index (χ1n) is 8.79. The van der Waals surface area contributed by atoms with Crippen molar-refractivity contribution in [1.29, 1.82) is 0 Å². The first kappa shape index (κ1) is 22.7. The quantitative estimate of drug-likeness (QED) is 0.583. The highest BCUT2D eigenvalue weighted by molar-refractivity contribution is 6.02. The van der Waals surface area contributed by atoms with E-state index in [1.54, 1.807) is 31.2 Å². The SMILES string of the molecule is CCOc1ccccc1OCC(=O)Nc1cc(OC(F)F)c(OC)cc1C(=O)OC. The molecule has 0 saturated heterocycles. The van der Waals surface area contributed by atoms with E-state index in [9.17, 15) is 18.4 Å². The van der Waals surface area contributed by atoms with E-state index in [0.717, 1.165) is 19.2 Å². The minimum Gasteiger partial charge on any atom is -0.493 e. The molecule has 0 fully saturated rings. The molecular weight excluding hydrogens is 404 g/mol. The maximum absolute atomic E-state index is 12.7. The lowest BCUT2D eigenvalue weighted by Gasteiger charge is -2.16. The number of methoxy groups -OCH3 is 2. The number of amides is 1. The molecule has 1 amide bonds. The van der Waals surface area contributed by atoms with E-state index >= 15 is 0 Å². The van der Waals surface area contributed by atoms with Crippen molar-refractivity contribution in [3.05, 3.63) is 42.0 Å². The van der Waals surface area contributed by atoms with Gasteiger partial charge in [-0.25, -0.2) is 4.79 Å². The molecule has 0 bridgehead atoms. The average molecular weight is 425 g/mol. The summed E-state index contributed by atoms with van der Waals surface area (Å²) in [6.45, 7) is -1.35. The zero-order chi connectivity index (χ0) is 22.1. The molecule has 0 spiro atoms. The summed E-state index contributed by atoms with van der Waals surface area (Å²) in [5.74, 6) is -1.15. The summed E-state index contributed by atoms with van der Waals surface area (Å²) < 4.78 is 50.2. The molecule has 0 aromatic heterocycles. The normalized spacial score (nSPS) is 10.3. The Morgan fingerprint density at radius 3 is 2.23 bits per heavy atom. The maximum atomic E-state index is 12.7. The summed E-state index contributed by atoms with van der Waals surface area (Å²) in [5.41, 5.74) is -0.218. The van der Waals surface area contributed by atoms with E-state index in [0.29, 0.717) is 18.1 Å². The van der Waals surface area contributed by atoms with Crippen LogP contribution in [0.3, 0.4) is 0 Å². The zero-order valence-electron chi connectivity index (χ0n) is 16.6. The third-order valence-electron chi connectivity index (χ3n) is 3.71. The number of nitrogens with one attached hydrogen (secondary N) is 1. The van der Waals surface area contributed by atoms with Gasteiger partial charge in [0.15, 0.2) is 29.6 Å². The van der Waals surface area contributed by atoms with E-state index in [4.69, 9.17) is 14.2 Å². The Kier molecular flexibility index (Phi) is 8.21. The van der Waals surface area contributed by atoms with Crippen molar-refractivity contribution in [1.82, 2.24) is 0 Å².